The monoisotopic (exact) mass is 368 g/mol. The lowest BCUT2D eigenvalue weighted by molar-refractivity contribution is -0.123. The van der Waals surface area contributed by atoms with E-state index < -0.39 is 0 Å². The van der Waals surface area contributed by atoms with Crippen molar-refractivity contribution in [3.63, 3.8) is 0 Å². The van der Waals surface area contributed by atoms with Crippen molar-refractivity contribution in [2.75, 3.05) is 13.1 Å². The Balaban J connectivity index is 1.24. The third-order valence-electron chi connectivity index (χ3n) is 6.41. The largest absolute Gasteiger partial charge is 0.346 e. The third-order valence-corrected chi connectivity index (χ3v) is 6.41. The summed E-state index contributed by atoms with van der Waals surface area (Å²) in [5.74, 6) is 1.50. The van der Waals surface area contributed by atoms with Gasteiger partial charge in [0, 0.05) is 12.5 Å². The number of aromatic nitrogens is 2. The molecule has 1 aromatic heterocycles. The standard InChI is InChI=1S/C22H32N4O/c1-16(22-24-19-9-5-6-10-20(19)25-22)23-21(27)15-17-11-13-26(14-12-17)18-7-3-2-4-8-18/h5-6,9-10,16-18H,2-4,7-8,11-15H2,1H3,(H,23,27)(H,24,25). The Kier molecular flexibility index (Phi) is 5.77. The molecule has 4 rings (SSSR count). The summed E-state index contributed by atoms with van der Waals surface area (Å²) in [7, 11) is 0. The van der Waals surface area contributed by atoms with Crippen LogP contribution in [-0.4, -0.2) is 39.9 Å². The van der Waals surface area contributed by atoms with Crippen LogP contribution < -0.4 is 5.32 Å². The summed E-state index contributed by atoms with van der Waals surface area (Å²) in [5, 5.41) is 3.13. The fourth-order valence-corrected chi connectivity index (χ4v) is 4.78. The van der Waals surface area contributed by atoms with Gasteiger partial charge < -0.3 is 15.2 Å². The second-order valence-electron chi connectivity index (χ2n) is 8.40. The number of para-hydroxylation sites is 2. The minimum atomic E-state index is -0.0905. The molecule has 2 fully saturated rings. The van der Waals surface area contributed by atoms with Crippen LogP contribution in [0.4, 0.5) is 0 Å². The Morgan fingerprint density at radius 1 is 1.19 bits per heavy atom. The van der Waals surface area contributed by atoms with Crippen molar-refractivity contribution in [3.8, 4) is 0 Å². The summed E-state index contributed by atoms with van der Waals surface area (Å²) in [6.45, 7) is 4.34. The van der Waals surface area contributed by atoms with Crippen LogP contribution in [0, 0.1) is 5.92 Å². The van der Waals surface area contributed by atoms with Gasteiger partial charge in [-0.2, -0.15) is 0 Å². The summed E-state index contributed by atoms with van der Waals surface area (Å²) < 4.78 is 0. The first-order valence-corrected chi connectivity index (χ1v) is 10.7. The number of aromatic amines is 1. The molecule has 1 aromatic carbocycles. The van der Waals surface area contributed by atoms with Crippen molar-refractivity contribution >= 4 is 16.9 Å². The number of piperidine rings is 1. The Morgan fingerprint density at radius 3 is 2.67 bits per heavy atom. The lowest BCUT2D eigenvalue weighted by Crippen LogP contribution is -2.43. The van der Waals surface area contributed by atoms with Gasteiger partial charge in [-0.05, 0) is 63.7 Å². The predicted molar refractivity (Wildman–Crippen MR) is 108 cm³/mol. The molecule has 5 heteroatoms. The van der Waals surface area contributed by atoms with E-state index in [1.54, 1.807) is 0 Å². The summed E-state index contributed by atoms with van der Waals surface area (Å²) in [5.41, 5.74) is 1.97. The van der Waals surface area contributed by atoms with Crippen molar-refractivity contribution in [2.24, 2.45) is 5.92 Å². The molecule has 2 aliphatic rings. The molecule has 0 radical (unpaired) electrons. The molecule has 1 unspecified atom stereocenters. The van der Waals surface area contributed by atoms with Gasteiger partial charge in [0.15, 0.2) is 0 Å². The number of carbonyl (C=O) groups is 1. The van der Waals surface area contributed by atoms with E-state index in [4.69, 9.17) is 0 Å². The predicted octanol–water partition coefficient (Wildman–Crippen LogP) is 4.17. The van der Waals surface area contributed by atoms with Gasteiger partial charge in [0.1, 0.15) is 5.82 Å². The summed E-state index contributed by atoms with van der Waals surface area (Å²) in [6.07, 6.45) is 9.91. The number of benzene rings is 1. The molecule has 27 heavy (non-hydrogen) atoms. The van der Waals surface area contributed by atoms with Crippen LogP contribution in [0.2, 0.25) is 0 Å². The third kappa shape index (κ3) is 4.52. The smallest absolute Gasteiger partial charge is 0.220 e. The number of H-pyrrole nitrogens is 1. The molecule has 2 heterocycles. The first kappa shape index (κ1) is 18.5. The number of hydrogen-bond donors (Lipinski definition) is 2. The van der Waals surface area contributed by atoms with Crippen LogP contribution in [0.15, 0.2) is 24.3 Å². The Bertz CT molecular complexity index is 724. The number of nitrogens with one attached hydrogen (secondary N) is 2. The highest BCUT2D eigenvalue weighted by Gasteiger charge is 2.27. The minimum absolute atomic E-state index is 0.0905. The molecule has 1 saturated carbocycles. The zero-order valence-electron chi connectivity index (χ0n) is 16.4. The van der Waals surface area contributed by atoms with Crippen LogP contribution in [0.5, 0.6) is 0 Å². The van der Waals surface area contributed by atoms with E-state index in [1.165, 1.54) is 45.2 Å². The lowest BCUT2D eigenvalue weighted by atomic mass is 9.88. The molecule has 1 aliphatic heterocycles. The highest BCUT2D eigenvalue weighted by molar-refractivity contribution is 5.77. The zero-order valence-corrected chi connectivity index (χ0v) is 16.4. The molecule has 1 aliphatic carbocycles. The van der Waals surface area contributed by atoms with E-state index in [1.807, 2.05) is 31.2 Å². The molecule has 2 N–H and O–H groups in total. The number of carbonyl (C=O) groups excluding carboxylic acids is 1. The van der Waals surface area contributed by atoms with Crippen molar-refractivity contribution < 1.29 is 4.79 Å². The number of hydrogen-bond acceptors (Lipinski definition) is 3. The SMILES string of the molecule is CC(NC(=O)CC1CCN(C2CCCCC2)CC1)c1nc2ccccc2[nH]1. The Morgan fingerprint density at radius 2 is 1.93 bits per heavy atom. The highest BCUT2D eigenvalue weighted by Crippen LogP contribution is 2.28. The molecule has 146 valence electrons. The van der Waals surface area contributed by atoms with Gasteiger partial charge in [0.25, 0.3) is 0 Å². The van der Waals surface area contributed by atoms with Gasteiger partial charge in [0.2, 0.25) is 5.91 Å². The maximum atomic E-state index is 12.5. The minimum Gasteiger partial charge on any atom is -0.346 e. The van der Waals surface area contributed by atoms with Gasteiger partial charge >= 0.3 is 0 Å². The van der Waals surface area contributed by atoms with Gasteiger partial charge in [-0.25, -0.2) is 4.98 Å². The van der Waals surface area contributed by atoms with Gasteiger partial charge in [-0.3, -0.25) is 4.79 Å². The average Bonchev–Trinajstić information content (AvgIpc) is 3.14. The molecule has 2 aromatic rings. The molecule has 1 saturated heterocycles. The van der Waals surface area contributed by atoms with Gasteiger partial charge in [0.05, 0.1) is 17.1 Å². The lowest BCUT2D eigenvalue weighted by Gasteiger charge is -2.39. The topological polar surface area (TPSA) is 61.0 Å². The van der Waals surface area contributed by atoms with E-state index in [9.17, 15) is 4.79 Å². The van der Waals surface area contributed by atoms with E-state index in [2.05, 4.69) is 20.2 Å². The molecule has 0 spiro atoms. The maximum Gasteiger partial charge on any atom is 0.220 e. The molecule has 0 bridgehead atoms. The first-order valence-electron chi connectivity index (χ1n) is 10.7. The van der Waals surface area contributed by atoms with E-state index >= 15 is 0 Å². The van der Waals surface area contributed by atoms with Crippen molar-refractivity contribution in [1.29, 1.82) is 0 Å². The second-order valence-corrected chi connectivity index (χ2v) is 8.40. The molecule has 1 atom stereocenters. The average molecular weight is 369 g/mol. The Hall–Kier alpha value is -1.88. The quantitative estimate of drug-likeness (QED) is 0.832. The number of amides is 1. The molecular formula is C22H32N4O. The number of likely N-dealkylation sites (tertiary alicyclic amines) is 1. The van der Waals surface area contributed by atoms with E-state index in [-0.39, 0.29) is 11.9 Å². The van der Waals surface area contributed by atoms with Crippen LogP contribution >= 0.6 is 0 Å². The normalized spacial score (nSPS) is 21.4. The van der Waals surface area contributed by atoms with E-state index in [0.717, 1.165) is 35.7 Å². The molecule has 5 nitrogen and oxygen atoms in total. The zero-order chi connectivity index (χ0) is 18.6. The van der Waals surface area contributed by atoms with Crippen LogP contribution in [0.1, 0.15) is 70.2 Å². The fourth-order valence-electron chi connectivity index (χ4n) is 4.78. The summed E-state index contributed by atoms with van der Waals surface area (Å²) in [4.78, 5) is 23.1. The number of nitrogens with zero attached hydrogens (tertiary/aromatic N) is 2. The maximum absolute atomic E-state index is 12.5. The van der Waals surface area contributed by atoms with Crippen LogP contribution in [-0.2, 0) is 4.79 Å². The molecule has 1 amide bonds. The second kappa shape index (κ2) is 8.42. The number of rotatable bonds is 5. The summed E-state index contributed by atoms with van der Waals surface area (Å²) in [6, 6.07) is 8.70. The number of imidazole rings is 1. The first-order chi connectivity index (χ1) is 13.2. The van der Waals surface area contributed by atoms with Crippen LogP contribution in [0.3, 0.4) is 0 Å². The molecular weight excluding hydrogens is 336 g/mol. The van der Waals surface area contributed by atoms with Gasteiger partial charge in [-0.1, -0.05) is 31.4 Å². The van der Waals surface area contributed by atoms with Crippen molar-refractivity contribution in [1.82, 2.24) is 20.2 Å². The van der Waals surface area contributed by atoms with Crippen LogP contribution in [0.25, 0.3) is 11.0 Å². The van der Waals surface area contributed by atoms with Gasteiger partial charge in [-0.15, -0.1) is 0 Å². The highest BCUT2D eigenvalue weighted by atomic mass is 16.1. The number of fused-ring (bicyclic) bond motifs is 1. The van der Waals surface area contributed by atoms with Crippen molar-refractivity contribution in [2.45, 2.75) is 70.4 Å². The Labute approximate surface area is 161 Å². The van der Waals surface area contributed by atoms with Crippen molar-refractivity contribution in [3.05, 3.63) is 30.1 Å². The fraction of sp³-hybridized carbons (Fsp3) is 0.636. The van der Waals surface area contributed by atoms with E-state index in [0.29, 0.717) is 12.3 Å². The summed E-state index contributed by atoms with van der Waals surface area (Å²) >= 11 is 0.